The summed E-state index contributed by atoms with van der Waals surface area (Å²) in [4.78, 5) is 28.4. The Hall–Kier alpha value is -1.22. The lowest BCUT2D eigenvalue weighted by molar-refractivity contribution is -0.150. The van der Waals surface area contributed by atoms with E-state index in [1.807, 2.05) is 0 Å². The molecule has 0 bridgehead atoms. The zero-order valence-corrected chi connectivity index (χ0v) is 36.8. The molecule has 1 fully saturated rings. The van der Waals surface area contributed by atoms with Gasteiger partial charge in [0, 0.05) is 39.5 Å². The predicted octanol–water partition coefficient (Wildman–Crippen LogP) is 11.8. The van der Waals surface area contributed by atoms with E-state index in [1.165, 1.54) is 103 Å². The minimum absolute atomic E-state index is 0.0000778. The second-order valence-electron chi connectivity index (χ2n) is 16.6. The molecule has 0 amide bonds. The Bertz CT molecular complexity index is 793. The van der Waals surface area contributed by atoms with Gasteiger partial charge in [0.2, 0.25) is 0 Å². The summed E-state index contributed by atoms with van der Waals surface area (Å²) in [6.07, 6.45) is 32.3. The van der Waals surface area contributed by atoms with Crippen molar-refractivity contribution in [2.45, 2.75) is 226 Å². The molecule has 2 unspecified atom stereocenters. The van der Waals surface area contributed by atoms with Gasteiger partial charge in [0.25, 0.3) is 0 Å². The second-order valence-corrected chi connectivity index (χ2v) is 16.6. The number of aliphatic hydroxyl groups excluding tert-OH is 1. The Morgan fingerprint density at radius 2 is 0.800 bits per heavy atom. The minimum Gasteiger partial charge on any atom is -0.465 e. The highest BCUT2D eigenvalue weighted by atomic mass is 16.5. The molecule has 0 radical (unpaired) electrons. The Morgan fingerprint density at radius 1 is 0.473 bits per heavy atom. The third kappa shape index (κ3) is 28.8. The number of hydrogen-bond acceptors (Lipinski definition) is 8. The summed E-state index contributed by atoms with van der Waals surface area (Å²) >= 11 is 0. The maximum Gasteiger partial charge on any atom is 0.308 e. The minimum atomic E-state index is -0.0145. The molecule has 55 heavy (non-hydrogen) atoms. The number of aliphatic hydroxyl groups is 1. The topological polar surface area (TPSA) is 94.5 Å². The molecule has 1 heterocycles. The highest BCUT2D eigenvalue weighted by molar-refractivity contribution is 5.72. The van der Waals surface area contributed by atoms with Crippen molar-refractivity contribution >= 4 is 11.9 Å². The van der Waals surface area contributed by atoms with E-state index in [-0.39, 0.29) is 42.6 Å². The molecule has 1 rings (SSSR count). The van der Waals surface area contributed by atoms with Crippen molar-refractivity contribution in [3.8, 4) is 0 Å². The first kappa shape index (κ1) is 51.8. The van der Waals surface area contributed by atoms with E-state index in [0.29, 0.717) is 26.4 Å². The van der Waals surface area contributed by atoms with Crippen molar-refractivity contribution in [2.24, 2.45) is 11.8 Å². The molecule has 0 aromatic heterocycles. The first-order valence-electron chi connectivity index (χ1n) is 23.9. The number of ether oxygens (including phenoxy) is 4. The van der Waals surface area contributed by atoms with E-state index >= 15 is 0 Å². The number of rotatable bonds is 41. The highest BCUT2D eigenvalue weighted by Gasteiger charge is 2.34. The van der Waals surface area contributed by atoms with Crippen LogP contribution in [0.4, 0.5) is 0 Å². The smallest absolute Gasteiger partial charge is 0.308 e. The lowest BCUT2D eigenvalue weighted by Crippen LogP contribution is -2.31. The van der Waals surface area contributed by atoms with Crippen molar-refractivity contribution in [3.05, 3.63) is 0 Å². The molecule has 0 aromatic carbocycles. The van der Waals surface area contributed by atoms with Gasteiger partial charge >= 0.3 is 11.9 Å². The lowest BCUT2D eigenvalue weighted by Gasteiger charge is -2.20. The summed E-state index contributed by atoms with van der Waals surface area (Å²) in [6.45, 7) is 13.7. The highest BCUT2D eigenvalue weighted by Crippen LogP contribution is 2.23. The zero-order chi connectivity index (χ0) is 40.0. The molecule has 1 aliphatic heterocycles. The lowest BCUT2D eigenvalue weighted by atomic mass is 9.94. The third-order valence-corrected chi connectivity index (χ3v) is 11.4. The molecule has 1 N–H and O–H groups in total. The maximum absolute atomic E-state index is 13.0. The van der Waals surface area contributed by atoms with Crippen LogP contribution in [0.2, 0.25) is 0 Å². The molecule has 0 aliphatic carbocycles. The fourth-order valence-corrected chi connectivity index (χ4v) is 7.81. The van der Waals surface area contributed by atoms with Crippen molar-refractivity contribution in [1.82, 2.24) is 4.90 Å². The number of likely N-dealkylation sites (tertiary alicyclic amines) is 1. The number of carbonyl (C=O) groups excluding carboxylic acids is 2. The third-order valence-electron chi connectivity index (χ3n) is 11.4. The van der Waals surface area contributed by atoms with Gasteiger partial charge in [-0.2, -0.15) is 0 Å². The van der Waals surface area contributed by atoms with Crippen LogP contribution in [0, 0.1) is 11.8 Å². The molecule has 0 aromatic rings. The molecule has 8 nitrogen and oxygen atoms in total. The van der Waals surface area contributed by atoms with Gasteiger partial charge in [-0.05, 0) is 57.8 Å². The van der Waals surface area contributed by atoms with Gasteiger partial charge < -0.3 is 24.1 Å². The van der Waals surface area contributed by atoms with Crippen LogP contribution in [0.3, 0.4) is 0 Å². The first-order valence-corrected chi connectivity index (χ1v) is 23.9. The molecule has 4 atom stereocenters. The standard InChI is InChI=1S/C47H91NO7/c1-5-9-13-17-19-23-32-42(30-21-15-11-7-3)46(50)54-38-27-25-36-52-44-40-48(34-29-35-49)41-45(44)53-37-26-28-39-55-47(51)43(31-22-16-12-8-4)33-24-20-18-14-10-6-2/h42-45,49H,5-41H2,1-4H3/t42?,43?,44-,45+. The summed E-state index contributed by atoms with van der Waals surface area (Å²) < 4.78 is 24.3. The molecule has 326 valence electrons. The number of esters is 2. The molecule has 8 heteroatoms. The summed E-state index contributed by atoms with van der Waals surface area (Å²) in [6, 6.07) is 0. The summed E-state index contributed by atoms with van der Waals surface area (Å²) in [5, 5.41) is 9.38. The molecular formula is C47H91NO7. The van der Waals surface area contributed by atoms with E-state index in [0.717, 1.165) is 103 Å². The molecule has 1 saturated heterocycles. The van der Waals surface area contributed by atoms with Crippen LogP contribution >= 0.6 is 0 Å². The SMILES string of the molecule is CCCCCCCCC(CCCCCC)C(=O)OCCCCO[C@H]1CN(CCCO)C[C@H]1OCCCCOC(=O)C(CCCCCC)CCCCCCCC. The normalized spacial score (nSPS) is 17.1. The van der Waals surface area contributed by atoms with E-state index < -0.39 is 0 Å². The van der Waals surface area contributed by atoms with E-state index in [4.69, 9.17) is 18.9 Å². The summed E-state index contributed by atoms with van der Waals surface area (Å²) in [5.74, 6) is 0.0828. The first-order chi connectivity index (χ1) is 27.0. The van der Waals surface area contributed by atoms with Gasteiger partial charge in [-0.3, -0.25) is 14.5 Å². The molecule has 1 aliphatic rings. The van der Waals surface area contributed by atoms with Crippen molar-refractivity contribution < 1.29 is 33.6 Å². The fraction of sp³-hybridized carbons (Fsp3) is 0.957. The van der Waals surface area contributed by atoms with Crippen LogP contribution in [0.25, 0.3) is 0 Å². The van der Waals surface area contributed by atoms with Gasteiger partial charge in [-0.25, -0.2) is 0 Å². The Kier molecular flexibility index (Phi) is 36.1. The van der Waals surface area contributed by atoms with Gasteiger partial charge in [-0.15, -0.1) is 0 Å². The molecule has 0 saturated carbocycles. The molecule has 0 spiro atoms. The van der Waals surface area contributed by atoms with Gasteiger partial charge in [0.1, 0.15) is 0 Å². The van der Waals surface area contributed by atoms with E-state index in [2.05, 4.69) is 32.6 Å². The quantitative estimate of drug-likeness (QED) is 0.0484. The van der Waals surface area contributed by atoms with Crippen LogP contribution in [0.15, 0.2) is 0 Å². The predicted molar refractivity (Wildman–Crippen MR) is 228 cm³/mol. The maximum atomic E-state index is 13.0. The van der Waals surface area contributed by atoms with Gasteiger partial charge in [0.15, 0.2) is 0 Å². The second kappa shape index (κ2) is 38.3. The van der Waals surface area contributed by atoms with Crippen LogP contribution < -0.4 is 0 Å². The number of nitrogens with zero attached hydrogens (tertiary/aromatic N) is 1. The Morgan fingerprint density at radius 3 is 1.16 bits per heavy atom. The number of carbonyl (C=O) groups is 2. The van der Waals surface area contributed by atoms with Crippen LogP contribution in [-0.4, -0.2) is 86.8 Å². The van der Waals surface area contributed by atoms with Crippen LogP contribution in [0.5, 0.6) is 0 Å². The Balaban J connectivity index is 2.42. The summed E-state index contributed by atoms with van der Waals surface area (Å²) in [5.41, 5.74) is 0. The van der Waals surface area contributed by atoms with Crippen molar-refractivity contribution in [3.63, 3.8) is 0 Å². The molecular weight excluding hydrogens is 691 g/mol. The monoisotopic (exact) mass is 782 g/mol. The average molecular weight is 782 g/mol. The Labute approximate surface area is 340 Å². The van der Waals surface area contributed by atoms with Gasteiger partial charge in [-0.1, -0.05) is 156 Å². The average Bonchev–Trinajstić information content (AvgIpc) is 3.58. The van der Waals surface area contributed by atoms with Crippen LogP contribution in [0.1, 0.15) is 214 Å². The summed E-state index contributed by atoms with van der Waals surface area (Å²) in [7, 11) is 0. The number of unbranched alkanes of at least 4 members (excludes halogenated alkanes) is 18. The van der Waals surface area contributed by atoms with Gasteiger partial charge in [0.05, 0.1) is 37.3 Å². The zero-order valence-electron chi connectivity index (χ0n) is 36.8. The van der Waals surface area contributed by atoms with E-state index in [9.17, 15) is 14.7 Å². The fourth-order valence-electron chi connectivity index (χ4n) is 7.81. The van der Waals surface area contributed by atoms with E-state index in [1.54, 1.807) is 0 Å². The van der Waals surface area contributed by atoms with Crippen molar-refractivity contribution in [2.75, 3.05) is 52.7 Å². The number of hydrogen-bond donors (Lipinski definition) is 1. The largest absolute Gasteiger partial charge is 0.465 e. The van der Waals surface area contributed by atoms with Crippen LogP contribution in [-0.2, 0) is 28.5 Å². The van der Waals surface area contributed by atoms with Crippen molar-refractivity contribution in [1.29, 1.82) is 0 Å².